The minimum Gasteiger partial charge on any atom is -0.454 e. The van der Waals surface area contributed by atoms with Gasteiger partial charge in [-0.15, -0.1) is 11.3 Å². The highest BCUT2D eigenvalue weighted by molar-refractivity contribution is 7.14. The minimum atomic E-state index is -0.0409. The number of hydrogen-bond acceptors (Lipinski definition) is 5. The minimum absolute atomic E-state index is 0.0409. The Bertz CT molecular complexity index is 948. The van der Waals surface area contributed by atoms with Crippen LogP contribution in [0.5, 0.6) is 11.5 Å². The average molecular weight is 413 g/mol. The molecule has 1 aromatic heterocycles. The molecule has 6 nitrogen and oxygen atoms in total. The molecular formula is C22H24N2O4S. The molecule has 5 rings (SSSR count). The molecule has 2 aliphatic heterocycles. The average Bonchev–Trinajstić information content (AvgIpc) is 3.50. The van der Waals surface area contributed by atoms with Crippen LogP contribution in [0.4, 0.5) is 0 Å². The smallest absolute Gasteiger partial charge is 0.263 e. The van der Waals surface area contributed by atoms with Crippen molar-refractivity contribution in [2.75, 3.05) is 19.9 Å². The maximum Gasteiger partial charge on any atom is 0.263 e. The van der Waals surface area contributed by atoms with E-state index in [1.54, 1.807) is 11.3 Å². The first-order chi connectivity index (χ1) is 14.2. The Morgan fingerprint density at radius 2 is 1.97 bits per heavy atom. The lowest BCUT2D eigenvalue weighted by Gasteiger charge is -2.21. The summed E-state index contributed by atoms with van der Waals surface area (Å²) in [6.45, 7) is 2.46. The molecule has 7 heteroatoms. The van der Waals surface area contributed by atoms with Crippen molar-refractivity contribution in [2.24, 2.45) is 5.92 Å². The van der Waals surface area contributed by atoms with E-state index < -0.39 is 0 Å². The van der Waals surface area contributed by atoms with Crippen LogP contribution in [0.25, 0.3) is 0 Å². The maximum atomic E-state index is 12.7. The molecule has 1 saturated heterocycles. The number of ether oxygens (including phenoxy) is 2. The van der Waals surface area contributed by atoms with Crippen molar-refractivity contribution in [3.63, 3.8) is 0 Å². The Balaban J connectivity index is 1.20. The topological polar surface area (TPSA) is 67.9 Å². The highest BCUT2D eigenvalue weighted by Gasteiger charge is 2.29. The van der Waals surface area contributed by atoms with Crippen molar-refractivity contribution in [3.8, 4) is 11.5 Å². The summed E-state index contributed by atoms with van der Waals surface area (Å²) in [4.78, 5) is 29.4. The van der Waals surface area contributed by atoms with Gasteiger partial charge >= 0.3 is 0 Å². The molecule has 1 N–H and O–H groups in total. The van der Waals surface area contributed by atoms with Crippen LogP contribution in [0.2, 0.25) is 0 Å². The summed E-state index contributed by atoms with van der Waals surface area (Å²) in [5.74, 6) is 1.67. The second kappa shape index (κ2) is 7.71. The van der Waals surface area contributed by atoms with Crippen molar-refractivity contribution in [3.05, 3.63) is 45.1 Å². The Labute approximate surface area is 173 Å². The molecule has 152 valence electrons. The van der Waals surface area contributed by atoms with Gasteiger partial charge in [0.25, 0.3) is 5.91 Å². The number of carbonyl (C=O) groups excluding carboxylic acids is 2. The van der Waals surface area contributed by atoms with Crippen molar-refractivity contribution < 1.29 is 19.1 Å². The zero-order valence-electron chi connectivity index (χ0n) is 16.2. The Hall–Kier alpha value is -2.54. The van der Waals surface area contributed by atoms with Gasteiger partial charge < -0.3 is 19.7 Å². The monoisotopic (exact) mass is 412 g/mol. The number of carbonyl (C=O) groups is 2. The fourth-order valence-corrected chi connectivity index (χ4v) is 5.49. The Morgan fingerprint density at radius 1 is 1.14 bits per heavy atom. The zero-order valence-corrected chi connectivity index (χ0v) is 17.1. The van der Waals surface area contributed by atoms with Crippen LogP contribution in [0, 0.1) is 5.92 Å². The number of nitrogens with zero attached hydrogens (tertiary/aromatic N) is 1. The second-order valence-electron chi connectivity index (χ2n) is 7.90. The number of nitrogens with one attached hydrogen (secondary N) is 1. The number of rotatable bonds is 4. The summed E-state index contributed by atoms with van der Waals surface area (Å²) < 4.78 is 10.7. The molecule has 0 unspecified atom stereocenters. The van der Waals surface area contributed by atoms with Crippen LogP contribution < -0.4 is 14.8 Å². The Morgan fingerprint density at radius 3 is 2.83 bits per heavy atom. The van der Waals surface area contributed by atoms with E-state index in [0.717, 1.165) is 60.7 Å². The standard InChI is InChI=1S/C22H24N2O4S/c25-21(23-12-14-3-5-17-18(9-14)28-13-27-17)15-4-6-19-16(10-15)11-20(29-19)22(26)24-7-1-2-8-24/h3,5,9,11,15H,1-2,4,6-8,10,12-13H2,(H,23,25)/t15-/m1/s1. The number of amides is 2. The first-order valence-electron chi connectivity index (χ1n) is 10.2. The number of thiophene rings is 1. The predicted molar refractivity (Wildman–Crippen MR) is 109 cm³/mol. The summed E-state index contributed by atoms with van der Waals surface area (Å²) in [5.41, 5.74) is 2.17. The van der Waals surface area contributed by atoms with Gasteiger partial charge in [-0.2, -0.15) is 0 Å². The highest BCUT2D eigenvalue weighted by Crippen LogP contribution is 2.34. The molecule has 29 heavy (non-hydrogen) atoms. The summed E-state index contributed by atoms with van der Waals surface area (Å²) in [6.07, 6.45) is 4.62. The van der Waals surface area contributed by atoms with Gasteiger partial charge in [0, 0.05) is 30.4 Å². The van der Waals surface area contributed by atoms with Crippen LogP contribution in [-0.2, 0) is 24.2 Å². The molecular weight excluding hydrogens is 388 g/mol. The van der Waals surface area contributed by atoms with Crippen LogP contribution >= 0.6 is 11.3 Å². The molecule has 1 fully saturated rings. The van der Waals surface area contributed by atoms with Crippen LogP contribution in [0.1, 0.15) is 44.9 Å². The van der Waals surface area contributed by atoms with Gasteiger partial charge in [0.1, 0.15) is 0 Å². The quantitative estimate of drug-likeness (QED) is 0.838. The van der Waals surface area contributed by atoms with Gasteiger partial charge in [0.2, 0.25) is 12.7 Å². The normalized spacial score (nSPS) is 19.9. The van der Waals surface area contributed by atoms with E-state index in [-0.39, 0.29) is 24.5 Å². The van der Waals surface area contributed by atoms with Gasteiger partial charge in [-0.1, -0.05) is 6.07 Å². The molecule has 1 atom stereocenters. The molecule has 2 amide bonds. The Kier molecular flexibility index (Phi) is 4.91. The summed E-state index contributed by atoms with van der Waals surface area (Å²) in [7, 11) is 0. The SMILES string of the molecule is O=C(NCc1ccc2c(c1)OCO2)[C@@H]1CCc2sc(C(=O)N3CCCC3)cc2C1. The van der Waals surface area contributed by atoms with Crippen molar-refractivity contribution >= 4 is 23.2 Å². The van der Waals surface area contributed by atoms with E-state index in [2.05, 4.69) is 5.32 Å². The molecule has 0 bridgehead atoms. The van der Waals surface area contributed by atoms with Crippen molar-refractivity contribution in [2.45, 2.75) is 38.6 Å². The third-order valence-electron chi connectivity index (χ3n) is 5.96. The number of likely N-dealkylation sites (tertiary alicyclic amines) is 1. The second-order valence-corrected chi connectivity index (χ2v) is 9.04. The zero-order chi connectivity index (χ0) is 19.8. The van der Waals surface area contributed by atoms with Crippen LogP contribution in [-0.4, -0.2) is 36.6 Å². The summed E-state index contributed by atoms with van der Waals surface area (Å²) >= 11 is 1.62. The fraction of sp³-hybridized carbons (Fsp3) is 0.455. The molecule has 0 saturated carbocycles. The largest absolute Gasteiger partial charge is 0.454 e. The van der Waals surface area contributed by atoms with Crippen molar-refractivity contribution in [1.82, 2.24) is 10.2 Å². The van der Waals surface area contributed by atoms with E-state index in [1.165, 1.54) is 10.4 Å². The van der Waals surface area contributed by atoms with E-state index in [9.17, 15) is 9.59 Å². The fourth-order valence-electron chi connectivity index (χ4n) is 4.31. The first kappa shape index (κ1) is 18.5. The predicted octanol–water partition coefficient (Wildman–Crippen LogP) is 3.13. The maximum absolute atomic E-state index is 12.7. The molecule has 3 heterocycles. The molecule has 1 aliphatic carbocycles. The van der Waals surface area contributed by atoms with Crippen LogP contribution in [0.15, 0.2) is 24.3 Å². The molecule has 2 aromatic rings. The first-order valence-corrected chi connectivity index (χ1v) is 11.1. The lowest BCUT2D eigenvalue weighted by molar-refractivity contribution is -0.125. The number of aryl methyl sites for hydroxylation is 1. The molecule has 1 aromatic carbocycles. The van der Waals surface area contributed by atoms with Gasteiger partial charge in [0.05, 0.1) is 4.88 Å². The van der Waals surface area contributed by atoms with Crippen molar-refractivity contribution in [1.29, 1.82) is 0 Å². The van der Waals surface area contributed by atoms with E-state index >= 15 is 0 Å². The van der Waals surface area contributed by atoms with E-state index in [1.807, 2.05) is 29.2 Å². The highest BCUT2D eigenvalue weighted by atomic mass is 32.1. The molecule has 3 aliphatic rings. The number of fused-ring (bicyclic) bond motifs is 2. The van der Waals surface area contributed by atoms with Gasteiger partial charge in [-0.3, -0.25) is 9.59 Å². The third-order valence-corrected chi connectivity index (χ3v) is 7.19. The summed E-state index contributed by atoms with van der Waals surface area (Å²) in [6, 6.07) is 7.76. The van der Waals surface area contributed by atoms with Gasteiger partial charge in [-0.05, 0) is 61.4 Å². The van der Waals surface area contributed by atoms with Gasteiger partial charge in [0.15, 0.2) is 11.5 Å². The lowest BCUT2D eigenvalue weighted by Crippen LogP contribution is -2.33. The summed E-state index contributed by atoms with van der Waals surface area (Å²) in [5, 5.41) is 3.06. The number of benzene rings is 1. The molecule has 0 spiro atoms. The van der Waals surface area contributed by atoms with E-state index in [4.69, 9.17) is 9.47 Å². The van der Waals surface area contributed by atoms with Gasteiger partial charge in [-0.25, -0.2) is 0 Å². The van der Waals surface area contributed by atoms with Crippen LogP contribution in [0.3, 0.4) is 0 Å². The lowest BCUT2D eigenvalue weighted by atomic mass is 9.87. The number of hydrogen-bond donors (Lipinski definition) is 1. The van der Waals surface area contributed by atoms with E-state index in [0.29, 0.717) is 13.0 Å². The molecule has 0 radical (unpaired) electrons. The third kappa shape index (κ3) is 3.71.